The Morgan fingerprint density at radius 1 is 1.07 bits per heavy atom. The first-order valence-corrected chi connectivity index (χ1v) is 9.25. The predicted molar refractivity (Wildman–Crippen MR) is 106 cm³/mol. The molecule has 0 unspecified atom stereocenters. The molecule has 3 atom stereocenters. The Morgan fingerprint density at radius 3 is 2.44 bits per heavy atom. The lowest BCUT2D eigenvalue weighted by atomic mass is 9.85. The molecule has 0 radical (unpaired) electrons. The SMILES string of the molecule is CC[C@H](C)[C@H](C(=O)O[C@@H](C)c1nc2ccccc2c(=O)[nH]1)c1ccccc1. The molecule has 27 heavy (non-hydrogen) atoms. The summed E-state index contributed by atoms with van der Waals surface area (Å²) < 4.78 is 5.71. The summed E-state index contributed by atoms with van der Waals surface area (Å²) in [6.07, 6.45) is 0.207. The predicted octanol–water partition coefficient (Wildman–Crippen LogP) is 4.36. The van der Waals surface area contributed by atoms with E-state index >= 15 is 0 Å². The zero-order valence-corrected chi connectivity index (χ0v) is 15.8. The molecule has 1 heterocycles. The van der Waals surface area contributed by atoms with E-state index in [0.717, 1.165) is 12.0 Å². The number of nitrogens with one attached hydrogen (secondary N) is 1. The van der Waals surface area contributed by atoms with Gasteiger partial charge in [-0.3, -0.25) is 9.59 Å². The third-order valence-electron chi connectivity index (χ3n) is 4.93. The van der Waals surface area contributed by atoms with Gasteiger partial charge in [-0.25, -0.2) is 4.98 Å². The first-order chi connectivity index (χ1) is 13.0. The topological polar surface area (TPSA) is 72.0 Å². The molecule has 5 heteroatoms. The molecule has 0 spiro atoms. The van der Waals surface area contributed by atoms with Crippen LogP contribution >= 0.6 is 0 Å². The normalized spacial score (nSPS) is 14.5. The summed E-state index contributed by atoms with van der Waals surface area (Å²) in [5.41, 5.74) is 1.28. The summed E-state index contributed by atoms with van der Waals surface area (Å²) in [6.45, 7) is 5.82. The molecule has 3 aromatic rings. The first kappa shape index (κ1) is 18.8. The summed E-state index contributed by atoms with van der Waals surface area (Å²) in [6, 6.07) is 16.8. The second-order valence-corrected chi connectivity index (χ2v) is 6.82. The van der Waals surface area contributed by atoms with Crippen molar-refractivity contribution in [2.24, 2.45) is 5.92 Å². The number of aromatic amines is 1. The smallest absolute Gasteiger partial charge is 0.314 e. The molecular weight excluding hydrogens is 340 g/mol. The number of para-hydroxylation sites is 1. The molecule has 0 amide bonds. The van der Waals surface area contributed by atoms with Crippen molar-refractivity contribution in [3.63, 3.8) is 0 Å². The van der Waals surface area contributed by atoms with E-state index < -0.39 is 6.10 Å². The Morgan fingerprint density at radius 2 is 1.74 bits per heavy atom. The average Bonchev–Trinajstić information content (AvgIpc) is 2.68. The van der Waals surface area contributed by atoms with Crippen LogP contribution in [0.15, 0.2) is 59.4 Å². The lowest BCUT2D eigenvalue weighted by molar-refractivity contribution is -0.152. The van der Waals surface area contributed by atoms with Crippen molar-refractivity contribution in [3.05, 3.63) is 76.3 Å². The maximum atomic E-state index is 12.9. The number of ether oxygens (including phenoxy) is 1. The van der Waals surface area contributed by atoms with Gasteiger partial charge in [0.2, 0.25) is 0 Å². The van der Waals surface area contributed by atoms with Crippen LogP contribution in [-0.4, -0.2) is 15.9 Å². The molecule has 0 aliphatic carbocycles. The molecule has 0 aliphatic heterocycles. The molecular formula is C22H24N2O3. The van der Waals surface area contributed by atoms with Gasteiger partial charge < -0.3 is 9.72 Å². The second-order valence-electron chi connectivity index (χ2n) is 6.82. The quantitative estimate of drug-likeness (QED) is 0.660. The van der Waals surface area contributed by atoms with Crippen LogP contribution < -0.4 is 5.56 Å². The molecule has 0 fully saturated rings. The molecule has 0 saturated carbocycles. The zero-order chi connectivity index (χ0) is 19.4. The minimum Gasteiger partial charge on any atom is -0.454 e. The first-order valence-electron chi connectivity index (χ1n) is 9.25. The Hall–Kier alpha value is -2.95. The molecule has 1 N–H and O–H groups in total. The Balaban J connectivity index is 1.86. The number of carbonyl (C=O) groups excluding carboxylic acids is 1. The summed E-state index contributed by atoms with van der Waals surface area (Å²) in [5.74, 6) is -0.177. The number of fused-ring (bicyclic) bond motifs is 1. The maximum Gasteiger partial charge on any atom is 0.314 e. The van der Waals surface area contributed by atoms with Crippen LogP contribution in [0.1, 0.15) is 50.6 Å². The van der Waals surface area contributed by atoms with Gasteiger partial charge in [0.25, 0.3) is 5.56 Å². The zero-order valence-electron chi connectivity index (χ0n) is 15.8. The highest BCUT2D eigenvalue weighted by atomic mass is 16.5. The van der Waals surface area contributed by atoms with Crippen molar-refractivity contribution in [1.29, 1.82) is 0 Å². The van der Waals surface area contributed by atoms with Gasteiger partial charge in [0.1, 0.15) is 0 Å². The maximum absolute atomic E-state index is 12.9. The van der Waals surface area contributed by atoms with E-state index in [0.29, 0.717) is 16.7 Å². The molecule has 1 aromatic heterocycles. The van der Waals surface area contributed by atoms with Gasteiger partial charge in [0.15, 0.2) is 11.9 Å². The Labute approximate surface area is 158 Å². The van der Waals surface area contributed by atoms with Crippen LogP contribution in [-0.2, 0) is 9.53 Å². The highest BCUT2D eigenvalue weighted by molar-refractivity contribution is 5.79. The van der Waals surface area contributed by atoms with Gasteiger partial charge in [-0.2, -0.15) is 0 Å². The van der Waals surface area contributed by atoms with Crippen molar-refractivity contribution in [1.82, 2.24) is 9.97 Å². The third-order valence-corrected chi connectivity index (χ3v) is 4.93. The van der Waals surface area contributed by atoms with Gasteiger partial charge in [0, 0.05) is 0 Å². The van der Waals surface area contributed by atoms with E-state index in [1.165, 1.54) is 0 Å². The highest BCUT2D eigenvalue weighted by Gasteiger charge is 2.29. The van der Waals surface area contributed by atoms with Gasteiger partial charge in [-0.15, -0.1) is 0 Å². The highest BCUT2D eigenvalue weighted by Crippen LogP contribution is 2.30. The van der Waals surface area contributed by atoms with Crippen LogP contribution in [0.5, 0.6) is 0 Å². The molecule has 0 saturated heterocycles. The molecule has 5 nitrogen and oxygen atoms in total. The van der Waals surface area contributed by atoms with Gasteiger partial charge in [-0.05, 0) is 30.5 Å². The largest absolute Gasteiger partial charge is 0.454 e. The van der Waals surface area contributed by atoms with E-state index in [2.05, 4.69) is 16.9 Å². The van der Waals surface area contributed by atoms with Crippen LogP contribution in [0.3, 0.4) is 0 Å². The summed E-state index contributed by atoms with van der Waals surface area (Å²) in [5, 5.41) is 0.515. The number of aromatic nitrogens is 2. The summed E-state index contributed by atoms with van der Waals surface area (Å²) in [4.78, 5) is 32.4. The fourth-order valence-electron chi connectivity index (χ4n) is 3.19. The van der Waals surface area contributed by atoms with Crippen LogP contribution in [0.2, 0.25) is 0 Å². The number of carbonyl (C=O) groups is 1. The fourth-order valence-corrected chi connectivity index (χ4v) is 3.19. The Bertz CT molecular complexity index is 982. The average molecular weight is 364 g/mol. The van der Waals surface area contributed by atoms with E-state index in [1.54, 1.807) is 25.1 Å². The lowest BCUT2D eigenvalue weighted by Gasteiger charge is -2.24. The van der Waals surface area contributed by atoms with Gasteiger partial charge in [0.05, 0.1) is 16.8 Å². The van der Waals surface area contributed by atoms with Crippen LogP contribution in [0.25, 0.3) is 10.9 Å². The van der Waals surface area contributed by atoms with Crippen molar-refractivity contribution >= 4 is 16.9 Å². The monoisotopic (exact) mass is 364 g/mol. The van der Waals surface area contributed by atoms with E-state index in [-0.39, 0.29) is 23.4 Å². The summed E-state index contributed by atoms with van der Waals surface area (Å²) >= 11 is 0. The second kappa shape index (κ2) is 8.16. The molecule has 0 bridgehead atoms. The molecule has 140 valence electrons. The van der Waals surface area contributed by atoms with Gasteiger partial charge in [-0.1, -0.05) is 62.7 Å². The van der Waals surface area contributed by atoms with Crippen molar-refractivity contribution in [2.45, 2.75) is 39.2 Å². The van der Waals surface area contributed by atoms with Crippen LogP contribution in [0, 0.1) is 5.92 Å². The van der Waals surface area contributed by atoms with Crippen molar-refractivity contribution < 1.29 is 9.53 Å². The third kappa shape index (κ3) is 4.08. The van der Waals surface area contributed by atoms with E-state index in [9.17, 15) is 9.59 Å². The van der Waals surface area contributed by atoms with E-state index in [1.807, 2.05) is 43.3 Å². The number of rotatable bonds is 6. The number of hydrogen-bond acceptors (Lipinski definition) is 4. The van der Waals surface area contributed by atoms with Crippen molar-refractivity contribution in [2.75, 3.05) is 0 Å². The number of esters is 1. The summed E-state index contributed by atoms with van der Waals surface area (Å²) in [7, 11) is 0. The van der Waals surface area contributed by atoms with Crippen LogP contribution in [0.4, 0.5) is 0 Å². The lowest BCUT2D eigenvalue weighted by Crippen LogP contribution is -2.24. The van der Waals surface area contributed by atoms with Gasteiger partial charge >= 0.3 is 5.97 Å². The number of benzene rings is 2. The standard InChI is InChI=1S/C22H24N2O3/c1-4-14(2)19(16-10-6-5-7-11-16)22(26)27-15(3)20-23-18-13-9-8-12-17(18)21(25)24-20/h5-15,19H,4H2,1-3H3,(H,23,24,25)/t14-,15-,19-/m0/s1. The van der Waals surface area contributed by atoms with E-state index in [4.69, 9.17) is 4.74 Å². The Kier molecular flexibility index (Phi) is 5.69. The molecule has 2 aromatic carbocycles. The number of hydrogen-bond donors (Lipinski definition) is 1. The number of H-pyrrole nitrogens is 1. The molecule has 3 rings (SSSR count). The fraction of sp³-hybridized carbons (Fsp3) is 0.318. The molecule has 0 aliphatic rings. The minimum atomic E-state index is -0.648. The van der Waals surface area contributed by atoms with Crippen molar-refractivity contribution in [3.8, 4) is 0 Å². The number of nitrogens with zero attached hydrogens (tertiary/aromatic N) is 1. The minimum absolute atomic E-state index is 0.135.